The van der Waals surface area contributed by atoms with Gasteiger partial charge in [-0.1, -0.05) is 6.92 Å². The number of hydrogen-bond acceptors (Lipinski definition) is 3. The molecule has 90 valence electrons. The second-order valence-electron chi connectivity index (χ2n) is 3.98. The number of morpholine rings is 1. The summed E-state index contributed by atoms with van der Waals surface area (Å²) in [6.45, 7) is 7.62. The zero-order chi connectivity index (χ0) is 10.7. The summed E-state index contributed by atoms with van der Waals surface area (Å²) in [7, 11) is 0. The average molecular weight is 237 g/mol. The molecule has 1 aliphatic rings. The summed E-state index contributed by atoms with van der Waals surface area (Å²) < 4.78 is 5.46. The molecule has 1 heterocycles. The fourth-order valence-electron chi connectivity index (χ4n) is 1.63. The Bertz CT molecular complexity index is 214. The molecule has 15 heavy (non-hydrogen) atoms. The minimum Gasteiger partial charge on any atom is -0.375 e. The van der Waals surface area contributed by atoms with Crippen LogP contribution in [-0.4, -0.2) is 42.6 Å². The molecule has 3 atom stereocenters. The van der Waals surface area contributed by atoms with Crippen LogP contribution in [0.15, 0.2) is 0 Å². The van der Waals surface area contributed by atoms with Gasteiger partial charge in [0.05, 0.1) is 18.8 Å². The second kappa shape index (κ2) is 6.30. The van der Waals surface area contributed by atoms with E-state index in [2.05, 4.69) is 0 Å². The summed E-state index contributed by atoms with van der Waals surface area (Å²) in [6, 6.07) is 0.158. The molecule has 4 nitrogen and oxygen atoms in total. The number of nitrogens with zero attached hydrogens (tertiary/aromatic N) is 1. The molecule has 1 fully saturated rings. The third kappa shape index (κ3) is 3.33. The highest BCUT2D eigenvalue weighted by atomic mass is 35.5. The lowest BCUT2D eigenvalue weighted by molar-refractivity contribution is -0.147. The molecule has 3 unspecified atom stereocenters. The van der Waals surface area contributed by atoms with Crippen LogP contribution in [0.2, 0.25) is 0 Å². The van der Waals surface area contributed by atoms with Gasteiger partial charge in [0.15, 0.2) is 0 Å². The average Bonchev–Trinajstić information content (AvgIpc) is 2.20. The number of hydrogen-bond donors (Lipinski definition) is 1. The van der Waals surface area contributed by atoms with Crippen molar-refractivity contribution in [2.45, 2.75) is 32.9 Å². The van der Waals surface area contributed by atoms with Gasteiger partial charge in [-0.2, -0.15) is 0 Å². The van der Waals surface area contributed by atoms with Gasteiger partial charge in [-0.3, -0.25) is 4.79 Å². The highest BCUT2D eigenvalue weighted by molar-refractivity contribution is 5.85. The van der Waals surface area contributed by atoms with Crippen LogP contribution in [0.25, 0.3) is 0 Å². The second-order valence-corrected chi connectivity index (χ2v) is 3.98. The van der Waals surface area contributed by atoms with E-state index in [-0.39, 0.29) is 36.4 Å². The zero-order valence-electron chi connectivity index (χ0n) is 9.60. The van der Waals surface area contributed by atoms with Crippen LogP contribution >= 0.6 is 12.4 Å². The van der Waals surface area contributed by atoms with Crippen LogP contribution in [0, 0.1) is 5.92 Å². The summed E-state index contributed by atoms with van der Waals surface area (Å²) in [4.78, 5) is 13.8. The molecule has 1 amide bonds. The zero-order valence-corrected chi connectivity index (χ0v) is 10.4. The van der Waals surface area contributed by atoms with Crippen LogP contribution in [-0.2, 0) is 9.53 Å². The lowest BCUT2D eigenvalue weighted by Crippen LogP contribution is -2.53. The van der Waals surface area contributed by atoms with E-state index >= 15 is 0 Å². The first kappa shape index (κ1) is 14.7. The topological polar surface area (TPSA) is 55.6 Å². The van der Waals surface area contributed by atoms with Gasteiger partial charge >= 0.3 is 0 Å². The maximum atomic E-state index is 11.9. The normalized spacial score (nSPS) is 28.1. The van der Waals surface area contributed by atoms with E-state index in [9.17, 15) is 4.79 Å². The van der Waals surface area contributed by atoms with E-state index in [0.717, 1.165) is 0 Å². The van der Waals surface area contributed by atoms with Crippen molar-refractivity contribution < 1.29 is 9.53 Å². The molecule has 0 saturated carbocycles. The van der Waals surface area contributed by atoms with Crippen molar-refractivity contribution in [3.63, 3.8) is 0 Å². The smallest absolute Gasteiger partial charge is 0.227 e. The van der Waals surface area contributed by atoms with Gasteiger partial charge in [-0.15, -0.1) is 12.4 Å². The number of ether oxygens (including phenoxy) is 1. The molecule has 0 bridgehead atoms. The first-order chi connectivity index (χ1) is 6.57. The molecule has 0 aliphatic carbocycles. The van der Waals surface area contributed by atoms with Gasteiger partial charge in [0.25, 0.3) is 0 Å². The van der Waals surface area contributed by atoms with E-state index in [0.29, 0.717) is 19.7 Å². The third-order valence-corrected chi connectivity index (χ3v) is 2.94. The van der Waals surface area contributed by atoms with Crippen LogP contribution < -0.4 is 5.73 Å². The molecule has 1 aliphatic heterocycles. The number of halogens is 1. The Hall–Kier alpha value is -0.320. The van der Waals surface area contributed by atoms with Crippen molar-refractivity contribution in [1.82, 2.24) is 4.90 Å². The van der Waals surface area contributed by atoms with Gasteiger partial charge in [0.1, 0.15) is 0 Å². The molecule has 0 spiro atoms. The highest BCUT2D eigenvalue weighted by Gasteiger charge is 2.30. The summed E-state index contributed by atoms with van der Waals surface area (Å²) in [5, 5.41) is 0. The Kier molecular flexibility index (Phi) is 6.17. The largest absolute Gasteiger partial charge is 0.375 e. The lowest BCUT2D eigenvalue weighted by Gasteiger charge is -2.39. The van der Waals surface area contributed by atoms with E-state index in [1.165, 1.54) is 0 Å². The van der Waals surface area contributed by atoms with Crippen molar-refractivity contribution >= 4 is 18.3 Å². The summed E-state index contributed by atoms with van der Waals surface area (Å²) in [5.74, 6) is 0.0675. The Balaban J connectivity index is 0.00000196. The number of carbonyl (C=O) groups excluding carboxylic acids is 1. The molecule has 0 aromatic carbocycles. The third-order valence-electron chi connectivity index (χ3n) is 2.94. The monoisotopic (exact) mass is 236 g/mol. The van der Waals surface area contributed by atoms with Gasteiger partial charge in [-0.05, 0) is 13.8 Å². The van der Waals surface area contributed by atoms with Crippen molar-refractivity contribution in [3.05, 3.63) is 0 Å². The van der Waals surface area contributed by atoms with Crippen molar-refractivity contribution in [2.24, 2.45) is 11.7 Å². The van der Waals surface area contributed by atoms with Crippen LogP contribution in [0.4, 0.5) is 0 Å². The molecule has 1 saturated heterocycles. The Morgan fingerprint density at radius 3 is 2.73 bits per heavy atom. The van der Waals surface area contributed by atoms with Crippen molar-refractivity contribution in [1.29, 1.82) is 0 Å². The summed E-state index contributed by atoms with van der Waals surface area (Å²) in [6.07, 6.45) is 0.123. The van der Waals surface area contributed by atoms with Crippen molar-refractivity contribution in [2.75, 3.05) is 19.7 Å². The van der Waals surface area contributed by atoms with Crippen molar-refractivity contribution in [3.8, 4) is 0 Å². The molecular formula is C10H21ClN2O2. The van der Waals surface area contributed by atoms with E-state index < -0.39 is 0 Å². The van der Waals surface area contributed by atoms with E-state index in [1.54, 1.807) is 0 Å². The first-order valence-corrected chi connectivity index (χ1v) is 5.20. The van der Waals surface area contributed by atoms with Crippen LogP contribution in [0.3, 0.4) is 0 Å². The molecular weight excluding hydrogens is 216 g/mol. The Morgan fingerprint density at radius 1 is 1.60 bits per heavy atom. The maximum Gasteiger partial charge on any atom is 0.227 e. The minimum absolute atomic E-state index is 0. The Morgan fingerprint density at radius 2 is 2.20 bits per heavy atom. The van der Waals surface area contributed by atoms with Crippen LogP contribution in [0.5, 0.6) is 0 Å². The summed E-state index contributed by atoms with van der Waals surface area (Å²) in [5.41, 5.74) is 5.48. The van der Waals surface area contributed by atoms with E-state index in [4.69, 9.17) is 10.5 Å². The predicted octanol–water partition coefficient (Wildman–Crippen LogP) is 0.639. The highest BCUT2D eigenvalue weighted by Crippen LogP contribution is 2.15. The predicted molar refractivity (Wildman–Crippen MR) is 62.1 cm³/mol. The fourth-order valence-corrected chi connectivity index (χ4v) is 1.63. The van der Waals surface area contributed by atoms with E-state index in [1.807, 2.05) is 25.7 Å². The van der Waals surface area contributed by atoms with Gasteiger partial charge in [0, 0.05) is 19.0 Å². The number of amides is 1. The fraction of sp³-hybridized carbons (Fsp3) is 0.900. The molecule has 2 N–H and O–H groups in total. The van der Waals surface area contributed by atoms with Crippen LogP contribution in [0.1, 0.15) is 20.8 Å². The standard InChI is InChI=1S/C10H20N2O2.ClH/c1-7(6-11)10(13)12-4-5-14-9(3)8(12)2;/h7-9H,4-6,11H2,1-3H3;1H. The molecule has 0 aromatic heterocycles. The molecule has 0 radical (unpaired) electrons. The summed E-state index contributed by atoms with van der Waals surface area (Å²) >= 11 is 0. The quantitative estimate of drug-likeness (QED) is 0.766. The molecule has 0 aromatic rings. The number of rotatable bonds is 2. The minimum atomic E-state index is -0.0808. The number of carbonyl (C=O) groups is 1. The SMILES string of the molecule is CC(CN)C(=O)N1CCOC(C)C1C.Cl. The Labute approximate surface area is 97.5 Å². The lowest BCUT2D eigenvalue weighted by atomic mass is 10.1. The van der Waals surface area contributed by atoms with Gasteiger partial charge in [-0.25, -0.2) is 0 Å². The molecule has 1 rings (SSSR count). The number of nitrogens with two attached hydrogens (primary N) is 1. The maximum absolute atomic E-state index is 11.9. The first-order valence-electron chi connectivity index (χ1n) is 5.20. The van der Waals surface area contributed by atoms with Gasteiger partial charge < -0.3 is 15.4 Å². The van der Waals surface area contributed by atoms with Gasteiger partial charge in [0.2, 0.25) is 5.91 Å². The molecule has 5 heteroatoms.